The Morgan fingerprint density at radius 2 is 2.12 bits per heavy atom. The third kappa shape index (κ3) is 1.33. The SMILES string of the molecule is CC(C)C1([C@]2(C)CC(CO)NC2=O)CCC1. The second-order valence-corrected chi connectivity index (χ2v) is 6.05. The van der Waals surface area contributed by atoms with Gasteiger partial charge >= 0.3 is 0 Å². The van der Waals surface area contributed by atoms with Crippen molar-refractivity contribution in [2.75, 3.05) is 6.61 Å². The molecule has 0 spiro atoms. The maximum atomic E-state index is 12.2. The number of rotatable bonds is 3. The van der Waals surface area contributed by atoms with Crippen molar-refractivity contribution in [1.82, 2.24) is 5.32 Å². The third-order valence-electron chi connectivity index (χ3n) is 5.16. The van der Waals surface area contributed by atoms with Gasteiger partial charge in [0, 0.05) is 0 Å². The maximum Gasteiger partial charge on any atom is 0.226 e. The molecule has 1 amide bonds. The Kier molecular flexibility index (Phi) is 2.77. The standard InChI is InChI=1S/C13H23NO2/c1-9(2)13(5-4-6-13)12(3)7-10(8-15)14-11(12)16/h9-10,15H,4-8H2,1-3H3,(H,14,16)/t10?,12-/m1/s1. The van der Waals surface area contributed by atoms with E-state index in [0.717, 1.165) is 19.3 Å². The first-order valence-electron chi connectivity index (χ1n) is 6.38. The average Bonchev–Trinajstić information content (AvgIpc) is 2.40. The number of hydrogen-bond donors (Lipinski definition) is 2. The van der Waals surface area contributed by atoms with Crippen molar-refractivity contribution in [1.29, 1.82) is 0 Å². The minimum absolute atomic E-state index is 0.0336. The van der Waals surface area contributed by atoms with Crippen LogP contribution in [0, 0.1) is 16.7 Å². The molecule has 1 unspecified atom stereocenters. The first-order chi connectivity index (χ1) is 7.46. The molecule has 2 N–H and O–H groups in total. The molecular formula is C13H23NO2. The van der Waals surface area contributed by atoms with Crippen LogP contribution >= 0.6 is 0 Å². The van der Waals surface area contributed by atoms with Crippen molar-refractivity contribution in [3.05, 3.63) is 0 Å². The van der Waals surface area contributed by atoms with Crippen molar-refractivity contribution in [2.45, 2.75) is 52.5 Å². The van der Waals surface area contributed by atoms with E-state index in [1.165, 1.54) is 6.42 Å². The van der Waals surface area contributed by atoms with Crippen molar-refractivity contribution >= 4 is 5.91 Å². The molecule has 2 aliphatic rings. The van der Waals surface area contributed by atoms with E-state index < -0.39 is 0 Å². The Balaban J connectivity index is 2.27. The highest BCUT2D eigenvalue weighted by atomic mass is 16.3. The second-order valence-electron chi connectivity index (χ2n) is 6.05. The summed E-state index contributed by atoms with van der Waals surface area (Å²) in [7, 11) is 0. The van der Waals surface area contributed by atoms with E-state index in [9.17, 15) is 9.90 Å². The molecule has 92 valence electrons. The first-order valence-corrected chi connectivity index (χ1v) is 6.38. The van der Waals surface area contributed by atoms with Gasteiger partial charge in [0.2, 0.25) is 5.91 Å². The highest BCUT2D eigenvalue weighted by Crippen LogP contribution is 2.61. The first kappa shape index (κ1) is 11.9. The predicted octanol–water partition coefficient (Wildman–Crippen LogP) is 1.70. The molecule has 0 radical (unpaired) electrons. The fourth-order valence-electron chi connectivity index (χ4n) is 3.84. The van der Waals surface area contributed by atoms with Gasteiger partial charge in [0.15, 0.2) is 0 Å². The van der Waals surface area contributed by atoms with Gasteiger partial charge in [-0.15, -0.1) is 0 Å². The van der Waals surface area contributed by atoms with Crippen molar-refractivity contribution < 1.29 is 9.90 Å². The molecule has 1 saturated carbocycles. The van der Waals surface area contributed by atoms with Crippen LogP contribution in [0.5, 0.6) is 0 Å². The van der Waals surface area contributed by atoms with Gasteiger partial charge in [-0.1, -0.05) is 27.2 Å². The van der Waals surface area contributed by atoms with Crippen LogP contribution in [0.1, 0.15) is 46.5 Å². The summed E-state index contributed by atoms with van der Waals surface area (Å²) in [6.07, 6.45) is 4.35. The number of carbonyl (C=O) groups is 1. The largest absolute Gasteiger partial charge is 0.394 e. The minimum Gasteiger partial charge on any atom is -0.394 e. The van der Waals surface area contributed by atoms with E-state index >= 15 is 0 Å². The Bertz CT molecular complexity index is 296. The van der Waals surface area contributed by atoms with Gasteiger partial charge in [-0.2, -0.15) is 0 Å². The Hall–Kier alpha value is -0.570. The van der Waals surface area contributed by atoms with E-state index in [4.69, 9.17) is 0 Å². The molecule has 1 aliphatic carbocycles. The lowest BCUT2D eigenvalue weighted by Crippen LogP contribution is -2.52. The molecule has 3 nitrogen and oxygen atoms in total. The fraction of sp³-hybridized carbons (Fsp3) is 0.923. The lowest BCUT2D eigenvalue weighted by molar-refractivity contribution is -0.144. The normalized spacial score (nSPS) is 37.3. The summed E-state index contributed by atoms with van der Waals surface area (Å²) in [5, 5.41) is 12.1. The highest BCUT2D eigenvalue weighted by Gasteiger charge is 2.60. The Morgan fingerprint density at radius 3 is 2.44 bits per heavy atom. The molecule has 1 heterocycles. The Morgan fingerprint density at radius 1 is 1.50 bits per heavy atom. The van der Waals surface area contributed by atoms with Crippen LogP contribution in [-0.2, 0) is 4.79 Å². The summed E-state index contributed by atoms with van der Waals surface area (Å²) in [5.41, 5.74) is -0.103. The molecule has 1 saturated heterocycles. The van der Waals surface area contributed by atoms with Crippen LogP contribution in [0.25, 0.3) is 0 Å². The second kappa shape index (κ2) is 3.73. The summed E-state index contributed by atoms with van der Waals surface area (Å²) in [6.45, 7) is 6.61. The zero-order chi connectivity index (χ0) is 12.0. The zero-order valence-electron chi connectivity index (χ0n) is 10.5. The number of nitrogens with one attached hydrogen (secondary N) is 1. The molecule has 0 bridgehead atoms. The number of amides is 1. The summed E-state index contributed by atoms with van der Waals surface area (Å²) >= 11 is 0. The lowest BCUT2D eigenvalue weighted by atomic mass is 9.48. The predicted molar refractivity (Wildman–Crippen MR) is 62.9 cm³/mol. The molecule has 0 aromatic rings. The van der Waals surface area contributed by atoms with Gasteiger partial charge in [0.1, 0.15) is 0 Å². The smallest absolute Gasteiger partial charge is 0.226 e. The summed E-state index contributed by atoms with van der Waals surface area (Å²) in [5.74, 6) is 0.689. The van der Waals surface area contributed by atoms with Crippen LogP contribution < -0.4 is 5.32 Å². The highest BCUT2D eigenvalue weighted by molar-refractivity contribution is 5.86. The van der Waals surface area contributed by atoms with Gasteiger partial charge in [-0.3, -0.25) is 4.79 Å². The average molecular weight is 225 g/mol. The Labute approximate surface area is 97.6 Å². The molecule has 3 heteroatoms. The summed E-state index contributed by atoms with van der Waals surface area (Å²) < 4.78 is 0. The fourth-order valence-corrected chi connectivity index (χ4v) is 3.84. The van der Waals surface area contributed by atoms with Crippen LogP contribution in [0.15, 0.2) is 0 Å². The van der Waals surface area contributed by atoms with Crippen LogP contribution in [0.3, 0.4) is 0 Å². The number of hydrogen-bond acceptors (Lipinski definition) is 2. The van der Waals surface area contributed by atoms with Gasteiger partial charge in [0.25, 0.3) is 0 Å². The van der Waals surface area contributed by atoms with E-state index in [2.05, 4.69) is 26.1 Å². The van der Waals surface area contributed by atoms with Crippen molar-refractivity contribution in [2.24, 2.45) is 16.7 Å². The third-order valence-corrected chi connectivity index (χ3v) is 5.16. The van der Waals surface area contributed by atoms with Crippen LogP contribution in [0.2, 0.25) is 0 Å². The molecule has 2 rings (SSSR count). The monoisotopic (exact) mass is 225 g/mol. The van der Waals surface area contributed by atoms with Crippen molar-refractivity contribution in [3.8, 4) is 0 Å². The number of aliphatic hydroxyl groups excluding tert-OH is 1. The molecule has 2 fully saturated rings. The molecular weight excluding hydrogens is 202 g/mol. The van der Waals surface area contributed by atoms with Gasteiger partial charge in [0.05, 0.1) is 18.1 Å². The van der Waals surface area contributed by atoms with Gasteiger partial charge in [-0.05, 0) is 30.6 Å². The number of aliphatic hydroxyl groups is 1. The molecule has 1 aliphatic heterocycles. The van der Waals surface area contributed by atoms with E-state index in [1.54, 1.807) is 0 Å². The summed E-state index contributed by atoms with van der Waals surface area (Å²) in [6, 6.07) is -0.0336. The van der Waals surface area contributed by atoms with E-state index in [0.29, 0.717) is 5.92 Å². The van der Waals surface area contributed by atoms with E-state index in [-0.39, 0.29) is 29.4 Å². The van der Waals surface area contributed by atoms with Crippen LogP contribution in [0.4, 0.5) is 0 Å². The van der Waals surface area contributed by atoms with Crippen LogP contribution in [-0.4, -0.2) is 23.7 Å². The molecule has 0 aromatic heterocycles. The van der Waals surface area contributed by atoms with Gasteiger partial charge in [-0.25, -0.2) is 0 Å². The van der Waals surface area contributed by atoms with Gasteiger partial charge < -0.3 is 10.4 Å². The lowest BCUT2D eigenvalue weighted by Gasteiger charge is -2.55. The van der Waals surface area contributed by atoms with Crippen molar-refractivity contribution in [3.63, 3.8) is 0 Å². The van der Waals surface area contributed by atoms with E-state index in [1.807, 2.05) is 0 Å². The molecule has 2 atom stereocenters. The molecule has 16 heavy (non-hydrogen) atoms. The topological polar surface area (TPSA) is 49.3 Å². The quantitative estimate of drug-likeness (QED) is 0.768. The maximum absolute atomic E-state index is 12.2. The zero-order valence-corrected chi connectivity index (χ0v) is 10.5. The molecule has 0 aromatic carbocycles. The number of carbonyl (C=O) groups excluding carboxylic acids is 1. The minimum atomic E-state index is -0.271. The summed E-state index contributed by atoms with van der Waals surface area (Å²) in [4.78, 5) is 12.2.